The van der Waals surface area contributed by atoms with Gasteiger partial charge < -0.3 is 9.63 Å². The second-order valence-electron chi connectivity index (χ2n) is 4.26. The van der Waals surface area contributed by atoms with Crippen molar-refractivity contribution in [3.05, 3.63) is 47.0 Å². The van der Waals surface area contributed by atoms with Gasteiger partial charge in [0, 0.05) is 5.02 Å². The maximum atomic E-state index is 12.6. The zero-order chi connectivity index (χ0) is 12.9. The van der Waals surface area contributed by atoms with Crippen LogP contribution in [-0.2, 0) is 4.57 Å². The molecule has 0 amide bonds. The Morgan fingerprint density at radius 3 is 2.37 bits per heavy atom. The maximum absolute atomic E-state index is 12.6. The van der Waals surface area contributed by atoms with Gasteiger partial charge in [0.05, 0.1) is 10.6 Å². The molecule has 0 bridgehead atoms. The van der Waals surface area contributed by atoms with Crippen LogP contribution in [0.3, 0.4) is 0 Å². The van der Waals surface area contributed by atoms with Crippen LogP contribution >= 0.6 is 19.0 Å². The van der Waals surface area contributed by atoms with E-state index in [1.807, 2.05) is 13.0 Å². The molecule has 19 heavy (non-hydrogen) atoms. The summed E-state index contributed by atoms with van der Waals surface area (Å²) in [5.74, 6) is 0.822. The molecule has 92 valence electrons. The van der Waals surface area contributed by atoms with Crippen LogP contribution < -0.4 is 44.9 Å². The summed E-state index contributed by atoms with van der Waals surface area (Å²) >= 11 is 5.87. The predicted molar refractivity (Wildman–Crippen MR) is 71.8 cm³/mol. The van der Waals surface area contributed by atoms with Crippen LogP contribution in [0.25, 0.3) is 0 Å². The summed E-state index contributed by atoms with van der Waals surface area (Å²) in [5.41, 5.74) is 0.914. The molecule has 1 aliphatic heterocycles. The molecule has 0 aromatic heterocycles. The second-order valence-corrected chi connectivity index (χ2v) is 6.81. The Hall–Kier alpha value is -0.280. The fourth-order valence-corrected chi connectivity index (χ4v) is 4.05. The molecular weight excluding hydrogens is 294 g/mol. The average Bonchev–Trinajstić information content (AvgIpc) is 2.32. The van der Waals surface area contributed by atoms with Gasteiger partial charge in [-0.15, -0.1) is 0 Å². The van der Waals surface area contributed by atoms with Crippen molar-refractivity contribution in [2.75, 3.05) is 0 Å². The summed E-state index contributed by atoms with van der Waals surface area (Å²) in [6.45, 7) is 1.87. The van der Waals surface area contributed by atoms with Crippen molar-refractivity contribution < 1.29 is 43.8 Å². The maximum Gasteiger partial charge on any atom is 1.00 e. The SMILES string of the molecule is Cc1ccc2c(c1)P(=O)(O)c1cc(Cl)ccc1O2.[Na+]. The summed E-state index contributed by atoms with van der Waals surface area (Å²) < 4.78 is 18.2. The van der Waals surface area contributed by atoms with Gasteiger partial charge in [-0.2, -0.15) is 0 Å². The first-order chi connectivity index (χ1) is 8.48. The quantitative estimate of drug-likeness (QED) is 0.550. The molecule has 2 aromatic rings. The molecule has 0 fully saturated rings. The molecule has 1 atom stereocenters. The van der Waals surface area contributed by atoms with Gasteiger partial charge >= 0.3 is 29.6 Å². The molecular formula is C13H10ClNaO3P+. The number of fused-ring (bicyclic) bond motifs is 2. The molecule has 6 heteroatoms. The fourth-order valence-electron chi connectivity index (χ4n) is 2.01. The van der Waals surface area contributed by atoms with Crippen LogP contribution in [0.2, 0.25) is 5.02 Å². The van der Waals surface area contributed by atoms with E-state index in [-0.39, 0.29) is 34.9 Å². The van der Waals surface area contributed by atoms with Crippen molar-refractivity contribution >= 4 is 29.6 Å². The van der Waals surface area contributed by atoms with Gasteiger partial charge in [0.2, 0.25) is 0 Å². The Labute approximate surface area is 138 Å². The molecule has 0 spiro atoms. The van der Waals surface area contributed by atoms with Crippen LogP contribution in [0.5, 0.6) is 11.5 Å². The van der Waals surface area contributed by atoms with E-state index in [1.165, 1.54) is 6.07 Å². The number of hydrogen-bond acceptors (Lipinski definition) is 2. The molecule has 1 unspecified atom stereocenters. The van der Waals surface area contributed by atoms with Gasteiger partial charge in [0.25, 0.3) is 7.37 Å². The molecule has 0 saturated carbocycles. The Morgan fingerprint density at radius 2 is 1.68 bits per heavy atom. The van der Waals surface area contributed by atoms with E-state index in [1.54, 1.807) is 24.3 Å². The number of hydrogen-bond donors (Lipinski definition) is 1. The molecule has 0 saturated heterocycles. The second kappa shape index (κ2) is 5.25. The third-order valence-corrected chi connectivity index (χ3v) is 5.15. The molecule has 1 N–H and O–H groups in total. The van der Waals surface area contributed by atoms with Gasteiger partial charge in [-0.3, -0.25) is 4.57 Å². The van der Waals surface area contributed by atoms with E-state index in [2.05, 4.69) is 0 Å². The predicted octanol–water partition coefficient (Wildman–Crippen LogP) is -0.0207. The summed E-state index contributed by atoms with van der Waals surface area (Å²) in [6, 6.07) is 9.98. The number of aryl methyl sites for hydroxylation is 1. The first-order valence-electron chi connectivity index (χ1n) is 5.40. The molecule has 3 nitrogen and oxygen atoms in total. The van der Waals surface area contributed by atoms with Crippen molar-refractivity contribution in [3.8, 4) is 11.5 Å². The zero-order valence-corrected chi connectivity index (χ0v) is 14.2. The van der Waals surface area contributed by atoms with Crippen LogP contribution in [0.15, 0.2) is 36.4 Å². The summed E-state index contributed by atoms with van der Waals surface area (Å²) in [6.07, 6.45) is 0. The summed E-state index contributed by atoms with van der Waals surface area (Å²) in [7, 11) is -3.63. The van der Waals surface area contributed by atoms with Gasteiger partial charge in [0.1, 0.15) is 11.5 Å². The summed E-state index contributed by atoms with van der Waals surface area (Å²) in [4.78, 5) is 10.3. The largest absolute Gasteiger partial charge is 1.00 e. The van der Waals surface area contributed by atoms with E-state index in [0.29, 0.717) is 21.8 Å². The fraction of sp³-hybridized carbons (Fsp3) is 0.0769. The monoisotopic (exact) mass is 303 g/mol. The van der Waals surface area contributed by atoms with Crippen LogP contribution in [0.4, 0.5) is 0 Å². The minimum Gasteiger partial charge on any atom is -0.456 e. The van der Waals surface area contributed by atoms with Crippen LogP contribution in [-0.4, -0.2) is 4.89 Å². The van der Waals surface area contributed by atoms with Crippen molar-refractivity contribution in [1.82, 2.24) is 0 Å². The minimum absolute atomic E-state index is 0. The Kier molecular flexibility index (Phi) is 4.18. The van der Waals surface area contributed by atoms with E-state index in [9.17, 15) is 9.46 Å². The number of halogens is 1. The standard InChI is InChI=1S/C13H10ClO3P.Na/c1-8-2-4-10-12(6-8)18(15,16)13-7-9(14)3-5-11(13)17-10;/h2-7H,1H3,(H,15,16);/q;+1. The van der Waals surface area contributed by atoms with Gasteiger partial charge in [-0.1, -0.05) is 23.2 Å². The van der Waals surface area contributed by atoms with Crippen LogP contribution in [0, 0.1) is 6.92 Å². The zero-order valence-electron chi connectivity index (χ0n) is 10.6. The first-order valence-corrected chi connectivity index (χ1v) is 7.44. The number of rotatable bonds is 0. The molecule has 1 heterocycles. The molecule has 0 radical (unpaired) electrons. The van der Waals surface area contributed by atoms with E-state index in [4.69, 9.17) is 16.3 Å². The Balaban J connectivity index is 0.00000133. The smallest absolute Gasteiger partial charge is 0.456 e. The van der Waals surface area contributed by atoms with Crippen molar-refractivity contribution in [1.29, 1.82) is 0 Å². The normalized spacial score (nSPS) is 19.7. The Bertz CT molecular complexity index is 647. The van der Waals surface area contributed by atoms with Gasteiger partial charge in [-0.05, 0) is 37.3 Å². The number of benzene rings is 2. The van der Waals surface area contributed by atoms with Crippen molar-refractivity contribution in [2.45, 2.75) is 6.92 Å². The molecule has 2 aromatic carbocycles. The third kappa shape index (κ3) is 2.52. The van der Waals surface area contributed by atoms with Gasteiger partial charge in [0.15, 0.2) is 0 Å². The Morgan fingerprint density at radius 1 is 1.11 bits per heavy atom. The van der Waals surface area contributed by atoms with Crippen molar-refractivity contribution in [3.63, 3.8) is 0 Å². The van der Waals surface area contributed by atoms with E-state index >= 15 is 0 Å². The minimum atomic E-state index is -3.63. The molecule has 1 aliphatic rings. The molecule has 0 aliphatic carbocycles. The third-order valence-electron chi connectivity index (χ3n) is 2.91. The molecule has 3 rings (SSSR count). The number of ether oxygens (including phenoxy) is 1. The topological polar surface area (TPSA) is 46.5 Å². The van der Waals surface area contributed by atoms with E-state index in [0.717, 1.165) is 5.56 Å². The van der Waals surface area contributed by atoms with Crippen LogP contribution in [0.1, 0.15) is 5.56 Å². The average molecular weight is 304 g/mol. The summed E-state index contributed by atoms with van der Waals surface area (Å²) in [5, 5.41) is 1.01. The van der Waals surface area contributed by atoms with Crippen molar-refractivity contribution in [2.24, 2.45) is 0 Å². The van der Waals surface area contributed by atoms with Gasteiger partial charge in [-0.25, -0.2) is 0 Å². The van der Waals surface area contributed by atoms with E-state index < -0.39 is 7.37 Å². The first kappa shape index (κ1) is 15.1.